The maximum atomic E-state index is 9.79. The zero-order valence-electron chi connectivity index (χ0n) is 18.3. The van der Waals surface area contributed by atoms with Crippen molar-refractivity contribution in [3.63, 3.8) is 0 Å². The standard InChI is InChI=1S/C16H34O2.C5H10O3/c1-5-9-11-15(7-3)13-17-18-14-16(8-4)12-10-6-2;1-5(2,3)8-4(6)7/h15-16H,5-14H2,1-4H3;1-3H3,(H,6,7). The molecule has 0 aromatic carbocycles. The third kappa shape index (κ3) is 21.2. The van der Waals surface area contributed by atoms with Gasteiger partial charge in [0.1, 0.15) is 5.60 Å². The second kappa shape index (κ2) is 17.6. The van der Waals surface area contributed by atoms with Gasteiger partial charge in [-0.1, -0.05) is 66.2 Å². The average Bonchev–Trinajstić information content (AvgIpc) is 2.55. The van der Waals surface area contributed by atoms with E-state index in [0.29, 0.717) is 11.8 Å². The summed E-state index contributed by atoms with van der Waals surface area (Å²) >= 11 is 0. The molecule has 0 saturated heterocycles. The van der Waals surface area contributed by atoms with Gasteiger partial charge >= 0.3 is 6.16 Å². The maximum absolute atomic E-state index is 9.79. The van der Waals surface area contributed by atoms with Crippen LogP contribution in [-0.4, -0.2) is 30.1 Å². The van der Waals surface area contributed by atoms with Crippen LogP contribution in [-0.2, 0) is 14.5 Å². The van der Waals surface area contributed by atoms with Crippen LogP contribution in [0.15, 0.2) is 0 Å². The van der Waals surface area contributed by atoms with Gasteiger partial charge < -0.3 is 9.84 Å². The molecule has 0 radical (unpaired) electrons. The number of carboxylic acid groups (broad SMARTS) is 1. The molecule has 0 rings (SSSR count). The van der Waals surface area contributed by atoms with E-state index in [1.165, 1.54) is 51.4 Å². The van der Waals surface area contributed by atoms with Crippen LogP contribution in [0.2, 0.25) is 0 Å². The summed E-state index contributed by atoms with van der Waals surface area (Å²) in [5.41, 5.74) is -0.578. The van der Waals surface area contributed by atoms with Crippen LogP contribution in [0, 0.1) is 11.8 Å². The second-order valence-electron chi connectivity index (χ2n) is 7.88. The van der Waals surface area contributed by atoms with Gasteiger partial charge in [0, 0.05) is 0 Å². The molecule has 5 heteroatoms. The van der Waals surface area contributed by atoms with Crippen LogP contribution >= 0.6 is 0 Å². The lowest BCUT2D eigenvalue weighted by atomic mass is 10.0. The lowest BCUT2D eigenvalue weighted by Gasteiger charge is -2.16. The summed E-state index contributed by atoms with van der Waals surface area (Å²) in [5, 5.41) is 8.03. The molecule has 158 valence electrons. The molecule has 2 unspecified atom stereocenters. The van der Waals surface area contributed by atoms with Crippen molar-refractivity contribution in [2.75, 3.05) is 13.2 Å². The molecule has 26 heavy (non-hydrogen) atoms. The molecule has 1 N–H and O–H groups in total. The molecule has 0 heterocycles. The van der Waals surface area contributed by atoms with E-state index in [-0.39, 0.29) is 0 Å². The Hall–Kier alpha value is -0.810. The summed E-state index contributed by atoms with van der Waals surface area (Å²) in [4.78, 5) is 20.6. The predicted molar refractivity (Wildman–Crippen MR) is 107 cm³/mol. The van der Waals surface area contributed by atoms with Crippen LogP contribution < -0.4 is 0 Å². The lowest BCUT2D eigenvalue weighted by Crippen LogP contribution is -2.22. The van der Waals surface area contributed by atoms with Crippen molar-refractivity contribution < 1.29 is 24.4 Å². The van der Waals surface area contributed by atoms with Gasteiger partial charge in [-0.2, -0.15) is 0 Å². The first-order valence-corrected chi connectivity index (χ1v) is 10.4. The van der Waals surface area contributed by atoms with E-state index < -0.39 is 11.8 Å². The van der Waals surface area contributed by atoms with Crippen LogP contribution in [0.3, 0.4) is 0 Å². The molecule has 0 amide bonds. The van der Waals surface area contributed by atoms with E-state index in [9.17, 15) is 4.79 Å². The van der Waals surface area contributed by atoms with E-state index in [1.807, 2.05) is 0 Å². The predicted octanol–water partition coefficient (Wildman–Crippen LogP) is 6.85. The fourth-order valence-electron chi connectivity index (χ4n) is 2.35. The minimum absolute atomic E-state index is 0.578. The van der Waals surface area contributed by atoms with E-state index >= 15 is 0 Å². The SMILES string of the molecule is CC(C)(C)OC(=O)O.CCCCC(CC)COOCC(CC)CCCC. The average molecular weight is 377 g/mol. The van der Waals surface area contributed by atoms with Crippen molar-refractivity contribution >= 4 is 6.16 Å². The zero-order valence-corrected chi connectivity index (χ0v) is 18.3. The molecule has 0 saturated carbocycles. The van der Waals surface area contributed by atoms with Gasteiger partial charge in [-0.15, -0.1) is 0 Å². The monoisotopic (exact) mass is 376 g/mol. The van der Waals surface area contributed by atoms with E-state index in [4.69, 9.17) is 14.9 Å². The van der Waals surface area contributed by atoms with Gasteiger partial charge in [-0.05, 0) is 45.4 Å². The number of hydrogen-bond donors (Lipinski definition) is 1. The van der Waals surface area contributed by atoms with Crippen molar-refractivity contribution in [1.29, 1.82) is 0 Å². The van der Waals surface area contributed by atoms with Crippen molar-refractivity contribution in [3.8, 4) is 0 Å². The Bertz CT molecular complexity index is 294. The summed E-state index contributed by atoms with van der Waals surface area (Å²) in [7, 11) is 0. The highest BCUT2D eigenvalue weighted by atomic mass is 17.2. The molecule has 0 aliphatic carbocycles. The normalized spacial score (nSPS) is 13.5. The van der Waals surface area contributed by atoms with Gasteiger partial charge in [0.25, 0.3) is 0 Å². The van der Waals surface area contributed by atoms with Gasteiger partial charge in [0.15, 0.2) is 0 Å². The summed E-state index contributed by atoms with van der Waals surface area (Å²) in [6, 6.07) is 0. The fraction of sp³-hybridized carbons (Fsp3) is 0.952. The molecule has 0 spiro atoms. The highest BCUT2D eigenvalue weighted by Gasteiger charge is 2.14. The number of rotatable bonds is 13. The van der Waals surface area contributed by atoms with Crippen LogP contribution in [0.4, 0.5) is 4.79 Å². The van der Waals surface area contributed by atoms with Crippen LogP contribution in [0.5, 0.6) is 0 Å². The summed E-state index contributed by atoms with van der Waals surface area (Å²) in [6.07, 6.45) is 8.84. The van der Waals surface area contributed by atoms with E-state index in [0.717, 1.165) is 13.2 Å². The molecule has 0 aromatic heterocycles. The molecule has 0 aliphatic rings. The Morgan fingerprint density at radius 1 is 0.846 bits per heavy atom. The summed E-state index contributed by atoms with van der Waals surface area (Å²) < 4.78 is 4.35. The fourth-order valence-corrected chi connectivity index (χ4v) is 2.35. The minimum Gasteiger partial charge on any atom is -0.450 e. The Kier molecular flexibility index (Phi) is 18.6. The molecular weight excluding hydrogens is 332 g/mol. The molecule has 5 nitrogen and oxygen atoms in total. The van der Waals surface area contributed by atoms with Crippen LogP contribution in [0.1, 0.15) is 99.8 Å². The molecule has 0 bridgehead atoms. The smallest absolute Gasteiger partial charge is 0.450 e. The Balaban J connectivity index is 0. The largest absolute Gasteiger partial charge is 0.506 e. The summed E-state index contributed by atoms with van der Waals surface area (Å²) in [6.45, 7) is 15.5. The number of carbonyl (C=O) groups is 1. The van der Waals surface area contributed by atoms with Gasteiger partial charge in [-0.3, -0.25) is 0 Å². The van der Waals surface area contributed by atoms with E-state index in [1.54, 1.807) is 20.8 Å². The highest BCUT2D eigenvalue weighted by Crippen LogP contribution is 2.15. The Morgan fingerprint density at radius 2 is 1.23 bits per heavy atom. The lowest BCUT2D eigenvalue weighted by molar-refractivity contribution is -0.308. The van der Waals surface area contributed by atoms with Gasteiger partial charge in [0.2, 0.25) is 0 Å². The van der Waals surface area contributed by atoms with Gasteiger partial charge in [-0.25, -0.2) is 14.6 Å². The van der Waals surface area contributed by atoms with Crippen molar-refractivity contribution in [3.05, 3.63) is 0 Å². The van der Waals surface area contributed by atoms with Crippen molar-refractivity contribution in [1.82, 2.24) is 0 Å². The number of unbranched alkanes of at least 4 members (excludes halogenated alkanes) is 2. The first-order valence-electron chi connectivity index (χ1n) is 10.4. The first-order chi connectivity index (χ1) is 12.2. The Morgan fingerprint density at radius 3 is 1.42 bits per heavy atom. The van der Waals surface area contributed by atoms with Crippen molar-refractivity contribution in [2.45, 2.75) is 105 Å². The topological polar surface area (TPSA) is 65.0 Å². The van der Waals surface area contributed by atoms with Crippen LogP contribution in [0.25, 0.3) is 0 Å². The molecular formula is C21H44O5. The Labute approximate surface area is 161 Å². The minimum atomic E-state index is -1.22. The third-order valence-electron chi connectivity index (χ3n) is 4.17. The molecule has 2 atom stereocenters. The van der Waals surface area contributed by atoms with E-state index in [2.05, 4.69) is 32.4 Å². The van der Waals surface area contributed by atoms with Crippen molar-refractivity contribution in [2.24, 2.45) is 11.8 Å². The second-order valence-corrected chi connectivity index (χ2v) is 7.88. The first kappa shape index (κ1) is 27.4. The highest BCUT2D eigenvalue weighted by molar-refractivity contribution is 5.57. The zero-order chi connectivity index (χ0) is 20.4. The number of ether oxygens (including phenoxy) is 1. The number of hydrogen-bond acceptors (Lipinski definition) is 4. The van der Waals surface area contributed by atoms with Gasteiger partial charge in [0.05, 0.1) is 13.2 Å². The molecule has 0 aliphatic heterocycles. The maximum Gasteiger partial charge on any atom is 0.506 e. The third-order valence-corrected chi connectivity index (χ3v) is 4.17. The quantitative estimate of drug-likeness (QED) is 0.165. The molecule has 0 aromatic rings. The summed E-state index contributed by atoms with van der Waals surface area (Å²) in [5.74, 6) is 1.33. The molecule has 0 fully saturated rings.